The Bertz CT molecular complexity index is 236. The van der Waals surface area contributed by atoms with E-state index in [0.717, 1.165) is 39.0 Å². The number of amides is 1. The zero-order valence-electron chi connectivity index (χ0n) is 11.4. The van der Waals surface area contributed by atoms with E-state index >= 15 is 0 Å². The van der Waals surface area contributed by atoms with E-state index in [0.29, 0.717) is 26.2 Å². The number of β-amino-alcohol motifs (C(OH)–C–C–N with tert-alkyl or cyclic N) is 1. The molecule has 1 amide bonds. The Kier molecular flexibility index (Phi) is 7.96. The molecule has 0 aliphatic carbocycles. The zero-order valence-corrected chi connectivity index (χ0v) is 11.4. The maximum absolute atomic E-state index is 12.0. The Labute approximate surface area is 110 Å². The van der Waals surface area contributed by atoms with Crippen LogP contribution in [0.15, 0.2) is 0 Å². The predicted octanol–water partition coefficient (Wildman–Crippen LogP) is 0.330. The van der Waals surface area contributed by atoms with E-state index in [2.05, 4.69) is 4.90 Å². The summed E-state index contributed by atoms with van der Waals surface area (Å²) in [5.41, 5.74) is 0. The molecule has 0 unspecified atom stereocenters. The maximum Gasteiger partial charge on any atom is 0.222 e. The van der Waals surface area contributed by atoms with Crippen molar-refractivity contribution in [3.05, 3.63) is 0 Å². The molecule has 1 aliphatic heterocycles. The molecule has 1 N–H and O–H groups in total. The van der Waals surface area contributed by atoms with Crippen molar-refractivity contribution in [2.75, 3.05) is 52.5 Å². The normalized spacial score (nSPS) is 17.8. The molecule has 0 aromatic heterocycles. The Morgan fingerprint density at radius 2 is 2.11 bits per heavy atom. The van der Waals surface area contributed by atoms with E-state index in [9.17, 15) is 4.79 Å². The van der Waals surface area contributed by atoms with E-state index < -0.39 is 0 Å². The van der Waals surface area contributed by atoms with Gasteiger partial charge in [0, 0.05) is 45.8 Å². The van der Waals surface area contributed by atoms with Crippen LogP contribution in [0, 0.1) is 0 Å². The second-order valence-electron chi connectivity index (χ2n) is 4.60. The summed E-state index contributed by atoms with van der Waals surface area (Å²) < 4.78 is 5.24. The van der Waals surface area contributed by atoms with Crippen LogP contribution in [-0.2, 0) is 9.53 Å². The van der Waals surface area contributed by atoms with E-state index in [1.165, 1.54) is 0 Å². The fraction of sp³-hybridized carbons (Fsp3) is 0.923. The first-order valence-corrected chi connectivity index (χ1v) is 6.96. The first-order valence-electron chi connectivity index (χ1n) is 6.96. The summed E-state index contributed by atoms with van der Waals surface area (Å²) in [5, 5.41) is 8.92. The Hall–Kier alpha value is -0.650. The van der Waals surface area contributed by atoms with Crippen molar-refractivity contribution in [2.45, 2.75) is 26.2 Å². The van der Waals surface area contributed by atoms with Crippen molar-refractivity contribution >= 4 is 5.91 Å². The average Bonchev–Trinajstić information content (AvgIpc) is 2.61. The monoisotopic (exact) mass is 258 g/mol. The average molecular weight is 258 g/mol. The number of nitrogens with zero attached hydrogens (tertiary/aromatic N) is 2. The maximum atomic E-state index is 12.0. The zero-order chi connectivity index (χ0) is 13.2. The van der Waals surface area contributed by atoms with E-state index in [1.807, 2.05) is 11.8 Å². The van der Waals surface area contributed by atoms with Gasteiger partial charge in [0.05, 0.1) is 6.61 Å². The molecule has 0 aromatic carbocycles. The Morgan fingerprint density at radius 1 is 1.28 bits per heavy atom. The molecule has 18 heavy (non-hydrogen) atoms. The van der Waals surface area contributed by atoms with E-state index in [-0.39, 0.29) is 12.5 Å². The second kappa shape index (κ2) is 9.30. The summed E-state index contributed by atoms with van der Waals surface area (Å²) in [7, 11) is 0. The third-order valence-corrected chi connectivity index (χ3v) is 3.24. The molecule has 1 saturated heterocycles. The van der Waals surface area contributed by atoms with Crippen LogP contribution in [0.4, 0.5) is 0 Å². The standard InChI is InChI=1S/C13H26N2O3/c1-2-18-12-3-5-13(17)15-7-4-6-14(8-9-15)10-11-16/h16H,2-12H2,1H3. The van der Waals surface area contributed by atoms with Gasteiger partial charge < -0.3 is 14.7 Å². The highest BCUT2D eigenvalue weighted by Crippen LogP contribution is 2.06. The molecule has 0 atom stereocenters. The van der Waals surface area contributed by atoms with Crippen LogP contribution < -0.4 is 0 Å². The van der Waals surface area contributed by atoms with Gasteiger partial charge in [-0.2, -0.15) is 0 Å². The highest BCUT2D eigenvalue weighted by Gasteiger charge is 2.18. The van der Waals surface area contributed by atoms with Crippen molar-refractivity contribution in [1.82, 2.24) is 9.80 Å². The van der Waals surface area contributed by atoms with Crippen molar-refractivity contribution in [1.29, 1.82) is 0 Å². The number of rotatable bonds is 7. The van der Waals surface area contributed by atoms with Gasteiger partial charge in [-0.05, 0) is 26.3 Å². The van der Waals surface area contributed by atoms with Gasteiger partial charge in [0.2, 0.25) is 5.91 Å². The molecule has 5 heteroatoms. The SMILES string of the molecule is CCOCCCC(=O)N1CCCN(CCO)CC1. The lowest BCUT2D eigenvalue weighted by Crippen LogP contribution is -2.35. The third kappa shape index (κ3) is 5.80. The molecule has 0 bridgehead atoms. The van der Waals surface area contributed by atoms with Crippen LogP contribution in [0.2, 0.25) is 0 Å². The van der Waals surface area contributed by atoms with Crippen molar-refractivity contribution < 1.29 is 14.6 Å². The van der Waals surface area contributed by atoms with E-state index in [1.54, 1.807) is 0 Å². The summed E-state index contributed by atoms with van der Waals surface area (Å²) in [6.07, 6.45) is 2.39. The minimum absolute atomic E-state index is 0.197. The first-order chi connectivity index (χ1) is 8.77. The summed E-state index contributed by atoms with van der Waals surface area (Å²) in [5.74, 6) is 0.237. The highest BCUT2D eigenvalue weighted by molar-refractivity contribution is 5.76. The van der Waals surface area contributed by atoms with Gasteiger partial charge in [-0.1, -0.05) is 0 Å². The van der Waals surface area contributed by atoms with Gasteiger partial charge >= 0.3 is 0 Å². The summed E-state index contributed by atoms with van der Waals surface area (Å²) in [6.45, 7) is 7.74. The third-order valence-electron chi connectivity index (χ3n) is 3.24. The van der Waals surface area contributed by atoms with Gasteiger partial charge in [0.1, 0.15) is 0 Å². The minimum atomic E-state index is 0.197. The molecule has 1 aliphatic rings. The lowest BCUT2D eigenvalue weighted by Gasteiger charge is -2.21. The minimum Gasteiger partial charge on any atom is -0.395 e. The van der Waals surface area contributed by atoms with Crippen LogP contribution >= 0.6 is 0 Å². The van der Waals surface area contributed by atoms with Crippen molar-refractivity contribution in [3.8, 4) is 0 Å². The molecular weight excluding hydrogens is 232 g/mol. The summed E-state index contributed by atoms with van der Waals surface area (Å²) in [6, 6.07) is 0. The second-order valence-corrected chi connectivity index (χ2v) is 4.60. The van der Waals surface area contributed by atoms with Gasteiger partial charge in [0.25, 0.3) is 0 Å². The number of hydrogen-bond acceptors (Lipinski definition) is 4. The number of aliphatic hydroxyl groups excluding tert-OH is 1. The highest BCUT2D eigenvalue weighted by atomic mass is 16.5. The molecule has 1 heterocycles. The number of carbonyl (C=O) groups excluding carboxylic acids is 1. The van der Waals surface area contributed by atoms with Gasteiger partial charge in [-0.15, -0.1) is 0 Å². The van der Waals surface area contributed by atoms with Gasteiger partial charge in [-0.3, -0.25) is 9.69 Å². The molecule has 1 rings (SSSR count). The van der Waals surface area contributed by atoms with Gasteiger partial charge in [0.15, 0.2) is 0 Å². The lowest BCUT2D eigenvalue weighted by molar-refractivity contribution is -0.131. The van der Waals surface area contributed by atoms with Crippen LogP contribution in [0.25, 0.3) is 0 Å². The quantitative estimate of drug-likeness (QED) is 0.669. The van der Waals surface area contributed by atoms with Crippen molar-refractivity contribution in [2.24, 2.45) is 0 Å². The van der Waals surface area contributed by atoms with Crippen LogP contribution in [0.5, 0.6) is 0 Å². The number of ether oxygens (including phenoxy) is 1. The largest absolute Gasteiger partial charge is 0.395 e. The smallest absolute Gasteiger partial charge is 0.222 e. The number of aliphatic hydroxyl groups is 1. The van der Waals surface area contributed by atoms with Crippen LogP contribution in [0.1, 0.15) is 26.2 Å². The molecule has 1 fully saturated rings. The molecule has 0 radical (unpaired) electrons. The number of carbonyl (C=O) groups is 1. The topological polar surface area (TPSA) is 53.0 Å². The molecular formula is C13H26N2O3. The summed E-state index contributed by atoms with van der Waals surface area (Å²) >= 11 is 0. The van der Waals surface area contributed by atoms with Crippen LogP contribution in [-0.4, -0.2) is 73.4 Å². The van der Waals surface area contributed by atoms with Gasteiger partial charge in [-0.25, -0.2) is 0 Å². The molecule has 0 spiro atoms. The Balaban J connectivity index is 2.22. The fourth-order valence-electron chi connectivity index (χ4n) is 2.21. The summed E-state index contributed by atoms with van der Waals surface area (Å²) in [4.78, 5) is 16.1. The number of hydrogen-bond donors (Lipinski definition) is 1. The van der Waals surface area contributed by atoms with Crippen LogP contribution in [0.3, 0.4) is 0 Å². The molecule has 106 valence electrons. The molecule has 5 nitrogen and oxygen atoms in total. The predicted molar refractivity (Wildman–Crippen MR) is 70.4 cm³/mol. The fourth-order valence-corrected chi connectivity index (χ4v) is 2.21. The first kappa shape index (κ1) is 15.4. The Morgan fingerprint density at radius 3 is 2.83 bits per heavy atom. The van der Waals surface area contributed by atoms with Crippen molar-refractivity contribution in [3.63, 3.8) is 0 Å². The molecule has 0 aromatic rings. The molecule has 0 saturated carbocycles. The van der Waals surface area contributed by atoms with E-state index in [4.69, 9.17) is 9.84 Å². The lowest BCUT2D eigenvalue weighted by atomic mass is 10.2.